The van der Waals surface area contributed by atoms with Crippen LogP contribution in [0.25, 0.3) is 11.0 Å². The van der Waals surface area contributed by atoms with E-state index in [0.717, 1.165) is 22.4 Å². The predicted octanol–water partition coefficient (Wildman–Crippen LogP) is 4.94. The van der Waals surface area contributed by atoms with Crippen molar-refractivity contribution in [1.29, 1.82) is 0 Å². The number of halogens is 3. The van der Waals surface area contributed by atoms with Gasteiger partial charge in [-0.1, -0.05) is 48.5 Å². The van der Waals surface area contributed by atoms with Crippen molar-refractivity contribution in [3.63, 3.8) is 0 Å². The Morgan fingerprint density at radius 3 is 2.57 bits per heavy atom. The predicted molar refractivity (Wildman–Crippen MR) is 135 cm³/mol. The number of alkyl halides is 3. The second-order valence-corrected chi connectivity index (χ2v) is 11.1. The van der Waals surface area contributed by atoms with E-state index in [-0.39, 0.29) is 19.6 Å². The highest BCUT2D eigenvalue weighted by Crippen LogP contribution is 2.35. The molecule has 1 aliphatic heterocycles. The van der Waals surface area contributed by atoms with Crippen LogP contribution in [-0.4, -0.2) is 45.8 Å². The van der Waals surface area contributed by atoms with Crippen molar-refractivity contribution in [2.45, 2.75) is 44.4 Å². The average Bonchev–Trinajstić information content (AvgIpc) is 3.15. The first kappa shape index (κ1) is 25.2. The standard InChI is InChI=1S/C26H26F3N5O2S/c1-18-31-23-13-21(30-14-24(23)32-18)16-34-22(12-11-19-7-3-2-4-8-19)17-33(37(35,36)26(27,28)29)15-20-9-5-6-10-25(20)34/h2-10,13-14,22H,11-12,15-17H2,1H3,(H,31,32). The van der Waals surface area contributed by atoms with Crippen molar-refractivity contribution in [3.05, 3.63) is 89.5 Å². The Hall–Kier alpha value is -3.44. The van der Waals surface area contributed by atoms with E-state index in [9.17, 15) is 21.6 Å². The number of H-pyrrole nitrogens is 1. The topological polar surface area (TPSA) is 82.2 Å². The highest BCUT2D eigenvalue weighted by Gasteiger charge is 2.51. The van der Waals surface area contributed by atoms with E-state index < -0.39 is 21.6 Å². The van der Waals surface area contributed by atoms with Crippen LogP contribution >= 0.6 is 0 Å². The zero-order valence-electron chi connectivity index (χ0n) is 20.1. The fraction of sp³-hybridized carbons (Fsp3) is 0.308. The molecule has 0 saturated carbocycles. The van der Waals surface area contributed by atoms with Crippen LogP contribution in [0, 0.1) is 6.92 Å². The molecule has 37 heavy (non-hydrogen) atoms. The quantitative estimate of drug-likeness (QED) is 0.383. The lowest BCUT2D eigenvalue weighted by molar-refractivity contribution is -0.0492. The third-order valence-electron chi connectivity index (χ3n) is 6.62. The van der Waals surface area contributed by atoms with Crippen molar-refractivity contribution >= 4 is 26.7 Å². The minimum atomic E-state index is -5.53. The number of aryl methyl sites for hydroxylation is 2. The number of nitrogens with one attached hydrogen (secondary N) is 1. The molecule has 1 N–H and O–H groups in total. The van der Waals surface area contributed by atoms with Gasteiger partial charge in [-0.15, -0.1) is 0 Å². The number of nitrogens with zero attached hydrogens (tertiary/aromatic N) is 4. The number of para-hydroxylation sites is 1. The van der Waals surface area contributed by atoms with Gasteiger partial charge in [0, 0.05) is 24.8 Å². The van der Waals surface area contributed by atoms with Crippen LogP contribution in [0.5, 0.6) is 0 Å². The Balaban J connectivity index is 1.55. The molecule has 1 aliphatic rings. The normalized spacial score (nSPS) is 17.1. The van der Waals surface area contributed by atoms with Gasteiger partial charge in [0.25, 0.3) is 0 Å². The van der Waals surface area contributed by atoms with Gasteiger partial charge in [0.15, 0.2) is 0 Å². The highest BCUT2D eigenvalue weighted by molar-refractivity contribution is 7.89. The lowest BCUT2D eigenvalue weighted by Gasteiger charge is -2.34. The summed E-state index contributed by atoms with van der Waals surface area (Å²) in [5.74, 6) is 0.753. The number of benzene rings is 2. The number of hydrogen-bond acceptors (Lipinski definition) is 5. The number of hydrogen-bond donors (Lipinski definition) is 1. The Kier molecular flexibility index (Phi) is 6.67. The molecule has 3 heterocycles. The van der Waals surface area contributed by atoms with Gasteiger partial charge in [0.2, 0.25) is 0 Å². The molecule has 0 spiro atoms. The molecule has 0 bridgehead atoms. The van der Waals surface area contributed by atoms with Crippen LogP contribution in [0.4, 0.5) is 18.9 Å². The summed E-state index contributed by atoms with van der Waals surface area (Å²) in [5.41, 5.74) is -0.934. The molecule has 7 nitrogen and oxygen atoms in total. The van der Waals surface area contributed by atoms with Gasteiger partial charge in [-0.25, -0.2) is 13.4 Å². The van der Waals surface area contributed by atoms with Gasteiger partial charge in [-0.2, -0.15) is 17.5 Å². The van der Waals surface area contributed by atoms with E-state index in [2.05, 4.69) is 15.0 Å². The van der Waals surface area contributed by atoms with Crippen molar-refractivity contribution in [1.82, 2.24) is 19.3 Å². The van der Waals surface area contributed by atoms with Gasteiger partial charge in [-0.05, 0) is 43.0 Å². The molecule has 2 aromatic heterocycles. The van der Waals surface area contributed by atoms with E-state index in [4.69, 9.17) is 0 Å². The molecule has 4 aromatic rings. The second-order valence-electron chi connectivity index (χ2n) is 9.19. The van der Waals surface area contributed by atoms with Crippen LogP contribution < -0.4 is 4.90 Å². The van der Waals surface area contributed by atoms with Crippen molar-refractivity contribution in [2.24, 2.45) is 0 Å². The first-order valence-corrected chi connectivity index (χ1v) is 13.3. The van der Waals surface area contributed by atoms with Gasteiger partial charge in [-0.3, -0.25) is 4.98 Å². The number of aromatic amines is 1. The maximum atomic E-state index is 13.6. The number of pyridine rings is 1. The van der Waals surface area contributed by atoms with Gasteiger partial charge >= 0.3 is 15.5 Å². The van der Waals surface area contributed by atoms with Gasteiger partial charge < -0.3 is 9.88 Å². The van der Waals surface area contributed by atoms with E-state index in [1.54, 1.807) is 18.3 Å². The Labute approximate surface area is 213 Å². The summed E-state index contributed by atoms with van der Waals surface area (Å²) in [6, 6.07) is 17.9. The maximum Gasteiger partial charge on any atom is 0.511 e. The fourth-order valence-corrected chi connectivity index (χ4v) is 5.79. The maximum absolute atomic E-state index is 13.6. The first-order chi connectivity index (χ1) is 17.6. The summed E-state index contributed by atoms with van der Waals surface area (Å²) in [5, 5.41) is 0. The molecule has 0 aliphatic carbocycles. The van der Waals surface area contributed by atoms with E-state index >= 15 is 0 Å². The third kappa shape index (κ3) is 5.19. The van der Waals surface area contributed by atoms with Crippen LogP contribution in [0.3, 0.4) is 0 Å². The molecule has 11 heteroatoms. The summed E-state index contributed by atoms with van der Waals surface area (Å²) in [4.78, 5) is 14.1. The second kappa shape index (κ2) is 9.79. The highest BCUT2D eigenvalue weighted by atomic mass is 32.2. The minimum Gasteiger partial charge on any atom is -0.361 e. The smallest absolute Gasteiger partial charge is 0.361 e. The van der Waals surface area contributed by atoms with E-state index in [0.29, 0.717) is 34.1 Å². The van der Waals surface area contributed by atoms with Crippen LogP contribution in [0.15, 0.2) is 66.9 Å². The molecule has 0 radical (unpaired) electrons. The van der Waals surface area contributed by atoms with Gasteiger partial charge in [0.1, 0.15) is 5.82 Å². The molecule has 0 fully saturated rings. The molecule has 1 unspecified atom stereocenters. The Morgan fingerprint density at radius 1 is 1.08 bits per heavy atom. The molecular formula is C26H26F3N5O2S. The third-order valence-corrected chi connectivity index (χ3v) is 8.16. The molecule has 1 atom stereocenters. The van der Waals surface area contributed by atoms with Crippen molar-refractivity contribution < 1.29 is 21.6 Å². The van der Waals surface area contributed by atoms with Crippen LogP contribution in [0.1, 0.15) is 29.1 Å². The average molecular weight is 530 g/mol. The summed E-state index contributed by atoms with van der Waals surface area (Å²) in [7, 11) is -5.53. The van der Waals surface area contributed by atoms with E-state index in [1.807, 2.05) is 60.4 Å². The lowest BCUT2D eigenvalue weighted by atomic mass is 10.0. The van der Waals surface area contributed by atoms with E-state index in [1.165, 1.54) is 0 Å². The molecule has 0 amide bonds. The zero-order chi connectivity index (χ0) is 26.2. The minimum absolute atomic E-state index is 0.290. The van der Waals surface area contributed by atoms with Crippen molar-refractivity contribution in [3.8, 4) is 0 Å². The molecule has 5 rings (SSSR count). The number of fused-ring (bicyclic) bond motifs is 2. The van der Waals surface area contributed by atoms with Crippen LogP contribution in [-0.2, 0) is 29.5 Å². The number of imidazole rings is 1. The Bertz CT molecular complexity index is 1510. The summed E-state index contributed by atoms with van der Waals surface area (Å²) < 4.78 is 66.6. The zero-order valence-corrected chi connectivity index (χ0v) is 20.9. The monoisotopic (exact) mass is 529 g/mol. The number of aromatic nitrogens is 3. The molecular weight excluding hydrogens is 503 g/mol. The van der Waals surface area contributed by atoms with Crippen LogP contribution in [0.2, 0.25) is 0 Å². The lowest BCUT2D eigenvalue weighted by Crippen LogP contribution is -2.47. The number of rotatable bonds is 6. The number of sulfonamides is 1. The molecule has 194 valence electrons. The molecule has 0 saturated heterocycles. The summed E-state index contributed by atoms with van der Waals surface area (Å²) >= 11 is 0. The van der Waals surface area contributed by atoms with Crippen molar-refractivity contribution in [2.75, 3.05) is 11.4 Å². The first-order valence-electron chi connectivity index (χ1n) is 11.9. The van der Waals surface area contributed by atoms with Gasteiger partial charge in [0.05, 0.1) is 29.5 Å². The Morgan fingerprint density at radius 2 is 1.81 bits per heavy atom. The largest absolute Gasteiger partial charge is 0.511 e. The SMILES string of the molecule is Cc1nc2cc(CN3c4ccccc4CN(S(=O)(=O)C(F)(F)F)CC3CCc3ccccc3)ncc2[nH]1. The summed E-state index contributed by atoms with van der Waals surface area (Å²) in [6.45, 7) is 1.48. The number of anilines is 1. The molecule has 2 aromatic carbocycles. The summed E-state index contributed by atoms with van der Waals surface area (Å²) in [6.07, 6.45) is 2.72. The fourth-order valence-electron chi connectivity index (χ4n) is 4.82.